The van der Waals surface area contributed by atoms with Crippen molar-refractivity contribution in [3.8, 4) is 0 Å². The van der Waals surface area contributed by atoms with E-state index in [9.17, 15) is 0 Å². The van der Waals surface area contributed by atoms with Gasteiger partial charge in [0.05, 0.1) is 12.0 Å². The third-order valence-electron chi connectivity index (χ3n) is 9.12. The fourth-order valence-corrected chi connectivity index (χ4v) is 6.87. The van der Waals surface area contributed by atoms with Crippen molar-refractivity contribution in [3.05, 3.63) is 138 Å². The van der Waals surface area contributed by atoms with Crippen LogP contribution in [0.4, 0.5) is 0 Å². The highest BCUT2D eigenvalue weighted by atomic mass is 15.1. The van der Waals surface area contributed by atoms with Gasteiger partial charge in [0.25, 0.3) is 0 Å². The molecule has 0 bridgehead atoms. The topological polar surface area (TPSA) is 17.8 Å². The number of aromatic nitrogens is 2. The van der Waals surface area contributed by atoms with Gasteiger partial charge < -0.3 is 4.57 Å². The molecule has 0 saturated heterocycles. The molecule has 4 aromatic rings. The third-order valence-corrected chi connectivity index (χ3v) is 9.12. The Balaban J connectivity index is 1.30. The van der Waals surface area contributed by atoms with E-state index in [1.165, 1.54) is 80.2 Å². The Labute approximate surface area is 234 Å². The van der Waals surface area contributed by atoms with Crippen LogP contribution in [0.2, 0.25) is 0 Å². The zero-order valence-corrected chi connectivity index (χ0v) is 23.2. The first-order valence-electron chi connectivity index (χ1n) is 15.2. The minimum absolute atomic E-state index is 0.486. The molecule has 2 saturated carbocycles. The molecular weight excluding hydrogens is 472 g/mol. The normalized spacial score (nSPS) is 17.4. The van der Waals surface area contributed by atoms with Crippen molar-refractivity contribution in [1.29, 1.82) is 0 Å². The van der Waals surface area contributed by atoms with Gasteiger partial charge in [0, 0.05) is 6.20 Å². The number of benzene rings is 3. The van der Waals surface area contributed by atoms with Crippen molar-refractivity contribution in [3.63, 3.8) is 0 Å². The first-order valence-corrected chi connectivity index (χ1v) is 15.2. The molecule has 0 spiro atoms. The molecule has 1 atom stereocenters. The van der Waals surface area contributed by atoms with Crippen LogP contribution in [0, 0.1) is 17.8 Å². The van der Waals surface area contributed by atoms with Crippen LogP contribution < -0.4 is 0 Å². The van der Waals surface area contributed by atoms with Gasteiger partial charge in [-0.3, -0.25) is 0 Å². The molecule has 2 heteroatoms. The summed E-state index contributed by atoms with van der Waals surface area (Å²) in [7, 11) is 0. The molecule has 2 aliphatic rings. The van der Waals surface area contributed by atoms with Gasteiger partial charge in [-0.25, -0.2) is 4.98 Å². The van der Waals surface area contributed by atoms with Crippen LogP contribution in [-0.2, 0) is 12.0 Å². The molecule has 39 heavy (non-hydrogen) atoms. The van der Waals surface area contributed by atoms with Crippen LogP contribution >= 0.6 is 0 Å². The second kappa shape index (κ2) is 12.2. The van der Waals surface area contributed by atoms with Gasteiger partial charge in [0.15, 0.2) is 0 Å². The van der Waals surface area contributed by atoms with E-state index in [1.807, 2.05) is 0 Å². The molecule has 3 aromatic carbocycles. The zero-order chi connectivity index (χ0) is 26.3. The van der Waals surface area contributed by atoms with E-state index in [-0.39, 0.29) is 0 Å². The SMILES string of the molecule is C(=C/[C@@H](Cc1cn(C(c2ccccc2)(c2ccccc2)c2ccccc2)cn1)C1CC1)/CCC1CCCCC1. The van der Waals surface area contributed by atoms with Crippen LogP contribution in [0.3, 0.4) is 0 Å². The maximum Gasteiger partial charge on any atom is 0.121 e. The average molecular weight is 515 g/mol. The molecular formula is C37H42N2. The van der Waals surface area contributed by atoms with Crippen molar-refractivity contribution in [2.75, 3.05) is 0 Å². The predicted octanol–water partition coefficient (Wildman–Crippen LogP) is 9.21. The second-order valence-electron chi connectivity index (χ2n) is 11.8. The van der Waals surface area contributed by atoms with Crippen molar-refractivity contribution in [2.45, 2.75) is 69.7 Å². The largest absolute Gasteiger partial charge is 0.319 e. The predicted molar refractivity (Wildman–Crippen MR) is 162 cm³/mol. The Hall–Kier alpha value is -3.39. The summed E-state index contributed by atoms with van der Waals surface area (Å²) in [6, 6.07) is 32.7. The maximum atomic E-state index is 5.04. The van der Waals surface area contributed by atoms with Crippen molar-refractivity contribution < 1.29 is 0 Å². The first kappa shape index (κ1) is 25.9. The number of imidazole rings is 1. The van der Waals surface area contributed by atoms with Gasteiger partial charge in [-0.1, -0.05) is 135 Å². The Bertz CT molecular complexity index is 1210. The van der Waals surface area contributed by atoms with Gasteiger partial charge in [0.1, 0.15) is 5.54 Å². The molecule has 6 rings (SSSR count). The third kappa shape index (κ3) is 5.81. The van der Waals surface area contributed by atoms with Gasteiger partial charge in [-0.15, -0.1) is 0 Å². The van der Waals surface area contributed by atoms with E-state index >= 15 is 0 Å². The molecule has 0 aliphatic heterocycles. The lowest BCUT2D eigenvalue weighted by atomic mass is 9.77. The zero-order valence-electron chi connectivity index (χ0n) is 23.2. The average Bonchev–Trinajstić information content (AvgIpc) is 3.76. The summed E-state index contributed by atoms with van der Waals surface area (Å²) < 4.78 is 2.36. The first-order chi connectivity index (χ1) is 19.3. The van der Waals surface area contributed by atoms with Crippen LogP contribution in [0.1, 0.15) is 80.2 Å². The van der Waals surface area contributed by atoms with Gasteiger partial charge in [-0.2, -0.15) is 0 Å². The fraction of sp³-hybridized carbons (Fsp3) is 0.378. The molecule has 1 aromatic heterocycles. The van der Waals surface area contributed by atoms with Crippen molar-refractivity contribution in [1.82, 2.24) is 9.55 Å². The molecule has 0 N–H and O–H groups in total. The van der Waals surface area contributed by atoms with E-state index in [4.69, 9.17) is 4.98 Å². The minimum Gasteiger partial charge on any atom is -0.319 e. The van der Waals surface area contributed by atoms with Crippen LogP contribution in [0.15, 0.2) is 116 Å². The molecule has 2 fully saturated rings. The summed E-state index contributed by atoms with van der Waals surface area (Å²) in [5.41, 5.74) is 4.43. The van der Waals surface area contributed by atoms with E-state index in [0.717, 1.165) is 18.3 Å². The lowest BCUT2D eigenvalue weighted by Gasteiger charge is -2.37. The Morgan fingerprint density at radius 2 is 1.31 bits per heavy atom. The number of rotatable bonds is 11. The highest BCUT2D eigenvalue weighted by Gasteiger charge is 2.38. The van der Waals surface area contributed by atoms with Gasteiger partial charge in [-0.05, 0) is 66.5 Å². The molecule has 2 aliphatic carbocycles. The molecule has 2 nitrogen and oxygen atoms in total. The summed E-state index contributed by atoms with van der Waals surface area (Å²) in [5.74, 6) is 2.38. The number of hydrogen-bond acceptors (Lipinski definition) is 1. The summed E-state index contributed by atoms with van der Waals surface area (Å²) >= 11 is 0. The van der Waals surface area contributed by atoms with E-state index in [2.05, 4.69) is 120 Å². The lowest BCUT2D eigenvalue weighted by Crippen LogP contribution is -2.36. The number of allylic oxidation sites excluding steroid dienone is 2. The Morgan fingerprint density at radius 3 is 1.85 bits per heavy atom. The quantitative estimate of drug-likeness (QED) is 0.144. The number of hydrogen-bond donors (Lipinski definition) is 0. The van der Waals surface area contributed by atoms with Gasteiger partial charge >= 0.3 is 0 Å². The van der Waals surface area contributed by atoms with Crippen LogP contribution in [0.5, 0.6) is 0 Å². The summed E-state index contributed by atoms with van der Waals surface area (Å²) in [5, 5.41) is 0. The molecule has 0 unspecified atom stereocenters. The van der Waals surface area contributed by atoms with E-state index < -0.39 is 5.54 Å². The summed E-state index contributed by atoms with van der Waals surface area (Å²) in [6.45, 7) is 0. The molecule has 1 heterocycles. The molecule has 0 radical (unpaired) electrons. The highest BCUT2D eigenvalue weighted by molar-refractivity contribution is 5.50. The fourth-order valence-electron chi connectivity index (χ4n) is 6.87. The lowest BCUT2D eigenvalue weighted by molar-refractivity contribution is 0.341. The summed E-state index contributed by atoms with van der Waals surface area (Å²) in [4.78, 5) is 5.04. The number of nitrogens with zero attached hydrogens (tertiary/aromatic N) is 2. The second-order valence-corrected chi connectivity index (χ2v) is 11.8. The Morgan fingerprint density at radius 1 is 0.744 bits per heavy atom. The standard InChI is InChI=1S/C37H42N2/c1-5-15-30(16-6-1)17-13-14-18-32(31-25-26-31)27-36-28-39(29-38-36)37(33-19-7-2-8-20-33,34-21-9-3-10-22-34)35-23-11-4-12-24-35/h2-4,7-12,14,18-24,28-32H,1,5-6,13,15-17,25-27H2/b18-14-/t32-/m0/s1. The van der Waals surface area contributed by atoms with Crippen molar-refractivity contribution in [2.24, 2.45) is 17.8 Å². The van der Waals surface area contributed by atoms with Crippen molar-refractivity contribution >= 4 is 0 Å². The van der Waals surface area contributed by atoms with Crippen LogP contribution in [0.25, 0.3) is 0 Å². The highest BCUT2D eigenvalue weighted by Crippen LogP contribution is 2.42. The maximum absolute atomic E-state index is 5.04. The summed E-state index contributed by atoms with van der Waals surface area (Å²) in [6.07, 6.45) is 23.0. The monoisotopic (exact) mass is 514 g/mol. The van der Waals surface area contributed by atoms with Gasteiger partial charge in [0.2, 0.25) is 0 Å². The van der Waals surface area contributed by atoms with E-state index in [1.54, 1.807) is 0 Å². The Kier molecular flexibility index (Phi) is 8.09. The molecule has 200 valence electrons. The van der Waals surface area contributed by atoms with E-state index in [0.29, 0.717) is 5.92 Å². The minimum atomic E-state index is -0.486. The van der Waals surface area contributed by atoms with Crippen LogP contribution in [-0.4, -0.2) is 9.55 Å². The smallest absolute Gasteiger partial charge is 0.121 e. The molecule has 0 amide bonds.